The second-order valence-corrected chi connectivity index (χ2v) is 5.23. The van der Waals surface area contributed by atoms with Gasteiger partial charge >= 0.3 is 0 Å². The first-order chi connectivity index (χ1) is 8.65. The number of phenolic OH excluding ortho intramolecular Hbond substituents is 1. The van der Waals surface area contributed by atoms with Crippen molar-refractivity contribution < 1.29 is 5.11 Å². The summed E-state index contributed by atoms with van der Waals surface area (Å²) in [5, 5.41) is 13.1. The number of phenols is 1. The number of benzene rings is 1. The van der Waals surface area contributed by atoms with Crippen LogP contribution < -0.4 is 5.32 Å². The third kappa shape index (κ3) is 3.58. The van der Waals surface area contributed by atoms with Crippen LogP contribution in [0.5, 0.6) is 5.75 Å². The Hall–Kier alpha value is -1.33. The van der Waals surface area contributed by atoms with E-state index in [2.05, 4.69) is 33.2 Å². The second-order valence-electron chi connectivity index (χ2n) is 4.31. The summed E-state index contributed by atoms with van der Waals surface area (Å²) >= 11 is 3.33. The molecule has 1 heterocycles. The number of imidazole rings is 1. The van der Waals surface area contributed by atoms with Crippen LogP contribution in [-0.4, -0.2) is 20.7 Å². The van der Waals surface area contributed by atoms with Crippen LogP contribution in [-0.2, 0) is 13.1 Å². The van der Waals surface area contributed by atoms with E-state index in [4.69, 9.17) is 0 Å². The van der Waals surface area contributed by atoms with E-state index in [1.54, 1.807) is 18.6 Å². The Kier molecular flexibility index (Phi) is 4.38. The van der Waals surface area contributed by atoms with Crippen LogP contribution in [0, 0.1) is 0 Å². The predicted molar refractivity (Wildman–Crippen MR) is 74.3 cm³/mol. The Morgan fingerprint density at radius 2 is 2.33 bits per heavy atom. The third-order valence-electron chi connectivity index (χ3n) is 2.73. The molecule has 18 heavy (non-hydrogen) atoms. The maximum Gasteiger partial charge on any atom is 0.121 e. The molecule has 1 aromatic heterocycles. The molecule has 1 aromatic carbocycles. The van der Waals surface area contributed by atoms with Gasteiger partial charge in [-0.1, -0.05) is 22.0 Å². The zero-order valence-corrected chi connectivity index (χ0v) is 11.8. The molecule has 96 valence electrons. The molecular formula is C13H16BrN3O. The van der Waals surface area contributed by atoms with Crippen molar-refractivity contribution in [2.45, 2.75) is 26.1 Å². The Balaban J connectivity index is 1.87. The summed E-state index contributed by atoms with van der Waals surface area (Å²) in [6.07, 6.45) is 5.51. The zero-order valence-electron chi connectivity index (χ0n) is 10.2. The highest BCUT2D eigenvalue weighted by atomic mass is 79.9. The van der Waals surface area contributed by atoms with Gasteiger partial charge in [0.1, 0.15) is 5.75 Å². The summed E-state index contributed by atoms with van der Waals surface area (Å²) in [4.78, 5) is 4.01. The van der Waals surface area contributed by atoms with Crippen molar-refractivity contribution in [1.82, 2.24) is 14.9 Å². The molecule has 0 amide bonds. The van der Waals surface area contributed by atoms with E-state index in [-0.39, 0.29) is 0 Å². The monoisotopic (exact) mass is 309 g/mol. The molecule has 0 saturated carbocycles. The van der Waals surface area contributed by atoms with Crippen LogP contribution in [0.25, 0.3) is 0 Å². The number of halogens is 1. The van der Waals surface area contributed by atoms with Gasteiger partial charge in [0.05, 0.1) is 6.33 Å². The lowest BCUT2D eigenvalue weighted by Crippen LogP contribution is -2.29. The highest BCUT2D eigenvalue weighted by Crippen LogP contribution is 2.22. The summed E-state index contributed by atoms with van der Waals surface area (Å²) in [5.41, 5.74) is 0.899. The van der Waals surface area contributed by atoms with Crippen molar-refractivity contribution in [3.8, 4) is 5.75 Å². The number of aromatic nitrogens is 2. The maximum absolute atomic E-state index is 9.78. The number of nitrogens with one attached hydrogen (secondary N) is 1. The number of nitrogens with zero attached hydrogens (tertiary/aromatic N) is 2. The van der Waals surface area contributed by atoms with Crippen molar-refractivity contribution in [2.24, 2.45) is 0 Å². The van der Waals surface area contributed by atoms with Crippen molar-refractivity contribution in [3.63, 3.8) is 0 Å². The minimum absolute atomic E-state index is 0.308. The molecule has 2 rings (SSSR count). The summed E-state index contributed by atoms with van der Waals surface area (Å²) in [7, 11) is 0. The van der Waals surface area contributed by atoms with Gasteiger partial charge in [-0.05, 0) is 19.1 Å². The molecule has 2 N–H and O–H groups in total. The fraction of sp³-hybridized carbons (Fsp3) is 0.308. The van der Waals surface area contributed by atoms with Gasteiger partial charge in [-0.3, -0.25) is 0 Å². The summed E-state index contributed by atoms with van der Waals surface area (Å²) in [6.45, 7) is 3.61. The fourth-order valence-electron chi connectivity index (χ4n) is 1.75. The van der Waals surface area contributed by atoms with Crippen LogP contribution in [0.4, 0.5) is 0 Å². The van der Waals surface area contributed by atoms with Crippen molar-refractivity contribution >= 4 is 15.9 Å². The lowest BCUT2D eigenvalue weighted by Gasteiger charge is -2.15. The smallest absolute Gasteiger partial charge is 0.121 e. The van der Waals surface area contributed by atoms with E-state index in [0.717, 1.165) is 16.6 Å². The Bertz CT molecular complexity index is 499. The van der Waals surface area contributed by atoms with E-state index in [0.29, 0.717) is 18.3 Å². The SMILES string of the molecule is CC(Cn1ccnc1)NCc1ccc(Br)cc1O. The number of hydrogen-bond donors (Lipinski definition) is 2. The molecule has 0 spiro atoms. The van der Waals surface area contributed by atoms with Gasteiger partial charge in [0.15, 0.2) is 0 Å². The topological polar surface area (TPSA) is 50.1 Å². The molecule has 1 atom stereocenters. The fourth-order valence-corrected chi connectivity index (χ4v) is 2.10. The third-order valence-corrected chi connectivity index (χ3v) is 3.23. The molecule has 5 heteroatoms. The highest BCUT2D eigenvalue weighted by Gasteiger charge is 2.05. The second kappa shape index (κ2) is 6.02. The standard InChI is InChI=1S/C13H16BrN3O/c1-10(8-17-5-4-15-9-17)16-7-11-2-3-12(14)6-13(11)18/h2-6,9-10,16,18H,7-8H2,1H3. The van der Waals surface area contributed by atoms with Crippen LogP contribution >= 0.6 is 15.9 Å². The number of hydrogen-bond acceptors (Lipinski definition) is 3. The van der Waals surface area contributed by atoms with E-state index in [1.165, 1.54) is 0 Å². The molecule has 0 bridgehead atoms. The molecular weight excluding hydrogens is 294 g/mol. The van der Waals surface area contributed by atoms with Gasteiger partial charge in [0, 0.05) is 41.6 Å². The molecule has 2 aromatic rings. The largest absolute Gasteiger partial charge is 0.508 e. The summed E-state index contributed by atoms with van der Waals surface area (Å²) in [6, 6.07) is 5.85. The van der Waals surface area contributed by atoms with Crippen LogP contribution in [0.15, 0.2) is 41.4 Å². The first kappa shape index (κ1) is 13.1. The number of rotatable bonds is 5. The Morgan fingerprint density at radius 1 is 1.50 bits per heavy atom. The van der Waals surface area contributed by atoms with Crippen LogP contribution in [0.3, 0.4) is 0 Å². The van der Waals surface area contributed by atoms with Gasteiger partial charge in [0.25, 0.3) is 0 Å². The predicted octanol–water partition coefficient (Wildman–Crippen LogP) is 2.53. The molecule has 0 fully saturated rings. The van der Waals surface area contributed by atoms with E-state index in [1.807, 2.05) is 22.9 Å². The average Bonchev–Trinajstić information content (AvgIpc) is 2.80. The van der Waals surface area contributed by atoms with Crippen LogP contribution in [0.1, 0.15) is 12.5 Å². The van der Waals surface area contributed by atoms with Crippen molar-refractivity contribution in [1.29, 1.82) is 0 Å². The van der Waals surface area contributed by atoms with Crippen molar-refractivity contribution in [3.05, 3.63) is 47.0 Å². The average molecular weight is 310 g/mol. The van der Waals surface area contributed by atoms with Gasteiger partial charge in [-0.15, -0.1) is 0 Å². The highest BCUT2D eigenvalue weighted by molar-refractivity contribution is 9.10. The van der Waals surface area contributed by atoms with E-state index in [9.17, 15) is 5.11 Å². The van der Waals surface area contributed by atoms with Gasteiger partial charge in [-0.2, -0.15) is 0 Å². The van der Waals surface area contributed by atoms with Gasteiger partial charge < -0.3 is 15.0 Å². The molecule has 0 saturated heterocycles. The molecule has 4 nitrogen and oxygen atoms in total. The normalized spacial score (nSPS) is 12.6. The quantitative estimate of drug-likeness (QED) is 0.892. The molecule has 1 unspecified atom stereocenters. The molecule has 0 aliphatic carbocycles. The Labute approximate surface area is 115 Å². The minimum Gasteiger partial charge on any atom is -0.508 e. The minimum atomic E-state index is 0.308. The summed E-state index contributed by atoms with van der Waals surface area (Å²) in [5.74, 6) is 0.312. The zero-order chi connectivity index (χ0) is 13.0. The Morgan fingerprint density at radius 3 is 3.00 bits per heavy atom. The molecule has 0 aliphatic rings. The molecule has 0 aliphatic heterocycles. The van der Waals surface area contributed by atoms with E-state index < -0.39 is 0 Å². The lowest BCUT2D eigenvalue weighted by atomic mass is 10.2. The van der Waals surface area contributed by atoms with Crippen LogP contribution in [0.2, 0.25) is 0 Å². The first-order valence-corrected chi connectivity index (χ1v) is 6.61. The lowest BCUT2D eigenvalue weighted by molar-refractivity contribution is 0.446. The van der Waals surface area contributed by atoms with E-state index >= 15 is 0 Å². The first-order valence-electron chi connectivity index (χ1n) is 5.81. The van der Waals surface area contributed by atoms with Gasteiger partial charge in [-0.25, -0.2) is 4.98 Å². The maximum atomic E-state index is 9.78. The van der Waals surface area contributed by atoms with Gasteiger partial charge in [0.2, 0.25) is 0 Å². The molecule has 0 radical (unpaired) electrons. The number of aromatic hydroxyl groups is 1. The van der Waals surface area contributed by atoms with Crippen molar-refractivity contribution in [2.75, 3.05) is 0 Å². The summed E-state index contributed by atoms with van der Waals surface area (Å²) < 4.78 is 2.91.